The number of phenolic OH excluding ortho intramolecular Hbond substituents is 1. The number of ether oxygens (including phenoxy) is 2. The van der Waals surface area contributed by atoms with Gasteiger partial charge in [0, 0.05) is 11.3 Å². The highest BCUT2D eigenvalue weighted by atomic mass is 16.6. The molecule has 0 aliphatic carbocycles. The number of anilines is 1. The van der Waals surface area contributed by atoms with Crippen molar-refractivity contribution in [2.24, 2.45) is 0 Å². The molecule has 1 fully saturated rings. The largest absolute Gasteiger partial charge is 0.508 e. The normalized spacial score (nSPS) is 19.1. The molecule has 0 aromatic heterocycles. The lowest BCUT2D eigenvalue weighted by Gasteiger charge is -2.27. The minimum Gasteiger partial charge on any atom is -0.508 e. The monoisotopic (exact) mass is 443 g/mol. The van der Waals surface area contributed by atoms with Gasteiger partial charge in [0.1, 0.15) is 24.7 Å². The van der Waals surface area contributed by atoms with Crippen LogP contribution in [0.4, 0.5) is 5.69 Å². The fourth-order valence-corrected chi connectivity index (χ4v) is 4.27. The Morgan fingerprint density at radius 2 is 1.70 bits per heavy atom. The molecule has 0 bridgehead atoms. The summed E-state index contributed by atoms with van der Waals surface area (Å²) in [5, 5.41) is 21.4. The summed E-state index contributed by atoms with van der Waals surface area (Å²) >= 11 is 0. The molecule has 7 heteroatoms. The van der Waals surface area contributed by atoms with Gasteiger partial charge in [-0.2, -0.15) is 0 Å². The van der Waals surface area contributed by atoms with E-state index in [1.807, 2.05) is 19.1 Å². The van der Waals surface area contributed by atoms with Crippen LogP contribution in [0.25, 0.3) is 5.76 Å². The predicted molar refractivity (Wildman–Crippen MR) is 122 cm³/mol. The molecule has 1 saturated heterocycles. The molecular weight excluding hydrogens is 422 g/mol. The number of para-hydroxylation sites is 1. The zero-order valence-corrected chi connectivity index (χ0v) is 17.8. The lowest BCUT2D eigenvalue weighted by atomic mass is 9.94. The van der Waals surface area contributed by atoms with Crippen LogP contribution in [0.5, 0.6) is 17.2 Å². The molecular formula is C26H21NO6. The number of rotatable bonds is 3. The minimum atomic E-state index is -0.925. The van der Waals surface area contributed by atoms with Crippen LogP contribution in [0.3, 0.4) is 0 Å². The Bertz CT molecular complexity index is 1310. The third kappa shape index (κ3) is 3.47. The van der Waals surface area contributed by atoms with Gasteiger partial charge in [-0.25, -0.2) is 0 Å². The van der Waals surface area contributed by atoms with Gasteiger partial charge in [0.2, 0.25) is 0 Å². The fraction of sp³-hybridized carbons (Fsp3) is 0.154. The van der Waals surface area contributed by atoms with E-state index in [-0.39, 0.29) is 17.1 Å². The van der Waals surface area contributed by atoms with E-state index < -0.39 is 17.7 Å². The number of fused-ring (bicyclic) bond motifs is 1. The van der Waals surface area contributed by atoms with Crippen molar-refractivity contribution in [1.82, 2.24) is 0 Å². The van der Waals surface area contributed by atoms with Crippen LogP contribution in [0.2, 0.25) is 0 Å². The van der Waals surface area contributed by atoms with Crippen LogP contribution >= 0.6 is 0 Å². The number of carbonyl (C=O) groups excluding carboxylic acids is 2. The second-order valence-electron chi connectivity index (χ2n) is 7.91. The lowest BCUT2D eigenvalue weighted by molar-refractivity contribution is -0.132. The van der Waals surface area contributed by atoms with Crippen molar-refractivity contribution in [2.75, 3.05) is 18.1 Å². The van der Waals surface area contributed by atoms with Crippen LogP contribution in [0.15, 0.2) is 72.3 Å². The molecule has 1 amide bonds. The number of hydrogen-bond acceptors (Lipinski definition) is 6. The quantitative estimate of drug-likeness (QED) is 0.360. The number of Topliss-reactive ketones (excluding diaryl/α,β-unsaturated/α-hetero) is 1. The van der Waals surface area contributed by atoms with Gasteiger partial charge >= 0.3 is 0 Å². The molecule has 7 nitrogen and oxygen atoms in total. The molecule has 0 saturated carbocycles. The summed E-state index contributed by atoms with van der Waals surface area (Å²) in [6, 6.07) is 17.5. The van der Waals surface area contributed by atoms with E-state index in [2.05, 4.69) is 0 Å². The number of aliphatic hydroxyl groups excluding tert-OH is 1. The van der Waals surface area contributed by atoms with Crippen molar-refractivity contribution in [3.63, 3.8) is 0 Å². The van der Waals surface area contributed by atoms with E-state index in [1.165, 1.54) is 17.0 Å². The standard InChI is InChI=1S/C26H21NO6/c1-15-5-2-3-8-19(15)27-23(16-6-4-7-18(28)13-16)22(25(30)26(27)31)24(29)17-9-10-20-21(14-17)33-12-11-32-20/h2-10,13-14,23,28-29H,11-12H2,1H3/b24-22-. The second kappa shape index (κ2) is 8.02. The third-order valence-electron chi connectivity index (χ3n) is 5.82. The summed E-state index contributed by atoms with van der Waals surface area (Å²) in [7, 11) is 0. The summed E-state index contributed by atoms with van der Waals surface area (Å²) in [6.07, 6.45) is 0. The van der Waals surface area contributed by atoms with Crippen LogP contribution in [0, 0.1) is 6.92 Å². The van der Waals surface area contributed by atoms with Crippen LogP contribution in [-0.4, -0.2) is 35.1 Å². The fourth-order valence-electron chi connectivity index (χ4n) is 4.27. The number of nitrogens with zero attached hydrogens (tertiary/aromatic N) is 1. The number of aliphatic hydroxyl groups is 1. The number of amides is 1. The average molecular weight is 443 g/mol. The van der Waals surface area contributed by atoms with E-state index in [0.29, 0.717) is 41.5 Å². The topological polar surface area (TPSA) is 96.3 Å². The summed E-state index contributed by atoms with van der Waals surface area (Å²) in [6.45, 7) is 2.64. The maximum absolute atomic E-state index is 13.2. The SMILES string of the molecule is Cc1ccccc1N1C(=O)C(=O)/C(=C(\O)c2ccc3c(c2)OCCO3)C1c1cccc(O)c1. The first kappa shape index (κ1) is 20.6. The Hall–Kier alpha value is -4.26. The number of ketones is 1. The van der Waals surface area contributed by atoms with E-state index in [9.17, 15) is 19.8 Å². The predicted octanol–water partition coefficient (Wildman–Crippen LogP) is 4.10. The Morgan fingerprint density at radius 1 is 0.939 bits per heavy atom. The summed E-state index contributed by atoms with van der Waals surface area (Å²) in [5.41, 5.74) is 2.10. The average Bonchev–Trinajstić information content (AvgIpc) is 3.09. The van der Waals surface area contributed by atoms with Crippen molar-refractivity contribution >= 4 is 23.1 Å². The highest BCUT2D eigenvalue weighted by molar-refractivity contribution is 6.51. The van der Waals surface area contributed by atoms with Gasteiger partial charge in [-0.1, -0.05) is 30.3 Å². The smallest absolute Gasteiger partial charge is 0.300 e. The van der Waals surface area contributed by atoms with Gasteiger partial charge in [-0.3, -0.25) is 14.5 Å². The van der Waals surface area contributed by atoms with E-state index in [4.69, 9.17) is 9.47 Å². The highest BCUT2D eigenvalue weighted by Crippen LogP contribution is 2.44. The van der Waals surface area contributed by atoms with Crippen LogP contribution < -0.4 is 14.4 Å². The molecule has 0 radical (unpaired) electrons. The van der Waals surface area contributed by atoms with Crippen molar-refractivity contribution < 1.29 is 29.3 Å². The number of carbonyl (C=O) groups is 2. The Labute approximate surface area is 190 Å². The molecule has 166 valence electrons. The first-order valence-corrected chi connectivity index (χ1v) is 10.5. The molecule has 2 aliphatic rings. The number of hydrogen-bond donors (Lipinski definition) is 2. The molecule has 1 unspecified atom stereocenters. The maximum Gasteiger partial charge on any atom is 0.300 e. The number of aryl methyl sites for hydroxylation is 1. The van der Waals surface area contributed by atoms with E-state index >= 15 is 0 Å². The van der Waals surface area contributed by atoms with Crippen LogP contribution in [0.1, 0.15) is 22.7 Å². The molecule has 0 spiro atoms. The Balaban J connectivity index is 1.72. The molecule has 3 aromatic rings. The molecule has 5 rings (SSSR count). The van der Waals surface area contributed by atoms with Crippen molar-refractivity contribution in [1.29, 1.82) is 0 Å². The van der Waals surface area contributed by atoms with E-state index in [1.54, 1.807) is 42.5 Å². The third-order valence-corrected chi connectivity index (χ3v) is 5.82. The Morgan fingerprint density at radius 3 is 2.45 bits per heavy atom. The number of benzene rings is 3. The van der Waals surface area contributed by atoms with E-state index in [0.717, 1.165) is 5.56 Å². The van der Waals surface area contributed by atoms with Crippen LogP contribution in [-0.2, 0) is 9.59 Å². The minimum absolute atomic E-state index is 0.0119. The number of phenols is 1. The van der Waals surface area contributed by atoms with Gasteiger partial charge in [0.25, 0.3) is 11.7 Å². The lowest BCUT2D eigenvalue weighted by Crippen LogP contribution is -2.30. The molecule has 2 heterocycles. The highest BCUT2D eigenvalue weighted by Gasteiger charge is 2.47. The molecule has 2 N–H and O–H groups in total. The molecule has 1 atom stereocenters. The second-order valence-corrected chi connectivity index (χ2v) is 7.91. The maximum atomic E-state index is 13.2. The van der Waals surface area contributed by atoms with Crippen molar-refractivity contribution in [2.45, 2.75) is 13.0 Å². The van der Waals surface area contributed by atoms with Crippen molar-refractivity contribution in [3.05, 3.63) is 89.0 Å². The van der Waals surface area contributed by atoms with Gasteiger partial charge in [0.05, 0.1) is 11.6 Å². The summed E-state index contributed by atoms with van der Waals surface area (Å²) < 4.78 is 11.1. The number of aromatic hydroxyl groups is 1. The van der Waals surface area contributed by atoms with Gasteiger partial charge in [0.15, 0.2) is 11.5 Å². The van der Waals surface area contributed by atoms with Crippen molar-refractivity contribution in [3.8, 4) is 17.2 Å². The first-order valence-electron chi connectivity index (χ1n) is 10.5. The zero-order chi connectivity index (χ0) is 23.1. The zero-order valence-electron chi connectivity index (χ0n) is 17.8. The molecule has 33 heavy (non-hydrogen) atoms. The van der Waals surface area contributed by atoms with Gasteiger partial charge in [-0.15, -0.1) is 0 Å². The van der Waals surface area contributed by atoms with Gasteiger partial charge in [-0.05, 0) is 54.4 Å². The summed E-state index contributed by atoms with van der Waals surface area (Å²) in [5.74, 6) is -0.900. The molecule has 2 aliphatic heterocycles. The first-order chi connectivity index (χ1) is 16.0. The molecule has 3 aromatic carbocycles. The Kier molecular flexibility index (Phi) is 5.01. The van der Waals surface area contributed by atoms with Gasteiger partial charge < -0.3 is 19.7 Å². The summed E-state index contributed by atoms with van der Waals surface area (Å²) in [4.78, 5) is 27.8.